The standard InChI is InChI=1S/C19H21N3O4S/c1-19-9-8-17(25)22(19)14(11-27-19)18(26)20-13-4-2-12(3-5-13)10-21-15(23)6-7-16(21)24/h2-5,14H,6-11H2,1H3,(H,20,26)/t14-,19-/m1/s1. The molecule has 4 amide bonds. The molecular weight excluding hydrogens is 366 g/mol. The van der Waals surface area contributed by atoms with E-state index in [-0.39, 0.29) is 47.9 Å². The second kappa shape index (κ2) is 6.67. The molecular formula is C19H21N3O4S. The van der Waals surface area contributed by atoms with Gasteiger partial charge in [-0.2, -0.15) is 0 Å². The van der Waals surface area contributed by atoms with Crippen LogP contribution in [0.5, 0.6) is 0 Å². The number of fused-ring (bicyclic) bond motifs is 1. The Labute approximate surface area is 161 Å². The van der Waals surface area contributed by atoms with E-state index in [0.29, 0.717) is 17.9 Å². The van der Waals surface area contributed by atoms with Gasteiger partial charge in [-0.05, 0) is 31.0 Å². The smallest absolute Gasteiger partial charge is 0.248 e. The molecule has 3 saturated heterocycles. The number of carbonyl (C=O) groups is 4. The van der Waals surface area contributed by atoms with Gasteiger partial charge >= 0.3 is 0 Å². The Bertz CT molecular complexity index is 809. The Balaban J connectivity index is 1.40. The fourth-order valence-corrected chi connectivity index (χ4v) is 5.35. The summed E-state index contributed by atoms with van der Waals surface area (Å²) in [5, 5.41) is 2.88. The summed E-state index contributed by atoms with van der Waals surface area (Å²) in [4.78, 5) is 51.0. The van der Waals surface area contributed by atoms with Crippen molar-refractivity contribution in [2.75, 3.05) is 11.1 Å². The van der Waals surface area contributed by atoms with Crippen molar-refractivity contribution in [3.05, 3.63) is 29.8 Å². The largest absolute Gasteiger partial charge is 0.324 e. The first kappa shape index (κ1) is 18.0. The number of carbonyl (C=O) groups excluding carboxylic acids is 4. The molecule has 1 aromatic carbocycles. The lowest BCUT2D eigenvalue weighted by molar-refractivity contribution is -0.139. The van der Waals surface area contributed by atoms with Crippen LogP contribution in [0.4, 0.5) is 5.69 Å². The molecule has 0 spiro atoms. The van der Waals surface area contributed by atoms with Gasteiger partial charge in [0, 0.05) is 30.7 Å². The number of rotatable bonds is 4. The van der Waals surface area contributed by atoms with Gasteiger partial charge < -0.3 is 10.2 Å². The minimum absolute atomic E-state index is 0.0398. The SMILES string of the molecule is C[C@@]12CCC(=O)N1[C@@H](C(=O)Nc1ccc(CN3C(=O)CCC3=O)cc1)CS2. The lowest BCUT2D eigenvalue weighted by atomic mass is 10.1. The third kappa shape index (κ3) is 3.22. The van der Waals surface area contributed by atoms with Crippen LogP contribution in [0.15, 0.2) is 24.3 Å². The summed E-state index contributed by atoms with van der Waals surface area (Å²) in [5.74, 6) is 0.173. The summed E-state index contributed by atoms with van der Waals surface area (Å²) in [5.41, 5.74) is 1.46. The van der Waals surface area contributed by atoms with Crippen molar-refractivity contribution in [2.24, 2.45) is 0 Å². The van der Waals surface area contributed by atoms with Gasteiger partial charge in [0.1, 0.15) is 6.04 Å². The van der Waals surface area contributed by atoms with Crippen LogP contribution in [0.3, 0.4) is 0 Å². The van der Waals surface area contributed by atoms with Crippen LogP contribution in [0.1, 0.15) is 38.2 Å². The first-order valence-corrected chi connectivity index (χ1v) is 10.0. The van der Waals surface area contributed by atoms with Crippen LogP contribution in [-0.4, -0.2) is 50.1 Å². The van der Waals surface area contributed by atoms with E-state index in [4.69, 9.17) is 0 Å². The van der Waals surface area contributed by atoms with Crippen LogP contribution in [0, 0.1) is 0 Å². The van der Waals surface area contributed by atoms with Gasteiger partial charge in [0.25, 0.3) is 0 Å². The van der Waals surface area contributed by atoms with Crippen molar-refractivity contribution in [2.45, 2.75) is 50.1 Å². The third-order valence-electron chi connectivity index (χ3n) is 5.46. The average molecular weight is 387 g/mol. The highest BCUT2D eigenvalue weighted by Gasteiger charge is 2.52. The molecule has 3 fully saturated rings. The number of anilines is 1. The van der Waals surface area contributed by atoms with E-state index in [0.717, 1.165) is 12.0 Å². The molecule has 7 nitrogen and oxygen atoms in total. The summed E-state index contributed by atoms with van der Waals surface area (Å²) in [7, 11) is 0. The number of hydrogen-bond acceptors (Lipinski definition) is 5. The number of benzene rings is 1. The van der Waals surface area contributed by atoms with E-state index in [2.05, 4.69) is 5.32 Å². The summed E-state index contributed by atoms with van der Waals surface area (Å²) in [6.45, 7) is 2.28. The molecule has 0 aliphatic carbocycles. The maximum absolute atomic E-state index is 12.7. The molecule has 0 radical (unpaired) electrons. The molecule has 0 aromatic heterocycles. The van der Waals surface area contributed by atoms with Crippen molar-refractivity contribution in [3.8, 4) is 0 Å². The van der Waals surface area contributed by atoms with Gasteiger partial charge in [0.15, 0.2) is 0 Å². The molecule has 4 rings (SSSR count). The number of nitrogens with zero attached hydrogens (tertiary/aromatic N) is 2. The van der Waals surface area contributed by atoms with Crippen LogP contribution in [0.2, 0.25) is 0 Å². The molecule has 3 heterocycles. The molecule has 0 saturated carbocycles. The highest BCUT2D eigenvalue weighted by molar-refractivity contribution is 8.01. The van der Waals surface area contributed by atoms with Crippen LogP contribution >= 0.6 is 11.8 Å². The zero-order valence-corrected chi connectivity index (χ0v) is 15.9. The Kier molecular flexibility index (Phi) is 4.46. The predicted octanol–water partition coefficient (Wildman–Crippen LogP) is 1.73. The van der Waals surface area contributed by atoms with E-state index < -0.39 is 6.04 Å². The number of thioether (sulfide) groups is 1. The lowest BCUT2D eigenvalue weighted by Crippen LogP contribution is -2.48. The van der Waals surface area contributed by atoms with E-state index >= 15 is 0 Å². The fourth-order valence-electron chi connectivity index (χ4n) is 3.92. The summed E-state index contributed by atoms with van der Waals surface area (Å²) in [6, 6.07) is 6.65. The van der Waals surface area contributed by atoms with E-state index in [9.17, 15) is 19.2 Å². The zero-order valence-electron chi connectivity index (χ0n) is 15.1. The second-order valence-electron chi connectivity index (χ2n) is 7.33. The summed E-state index contributed by atoms with van der Waals surface area (Å²) >= 11 is 1.66. The van der Waals surface area contributed by atoms with E-state index in [1.54, 1.807) is 40.9 Å². The Hall–Kier alpha value is -2.35. The highest BCUT2D eigenvalue weighted by atomic mass is 32.2. The number of likely N-dealkylation sites (tertiary alicyclic amines) is 1. The lowest BCUT2D eigenvalue weighted by Gasteiger charge is -2.29. The minimum Gasteiger partial charge on any atom is -0.324 e. The van der Waals surface area contributed by atoms with Gasteiger partial charge in [-0.15, -0.1) is 11.8 Å². The number of amides is 4. The highest BCUT2D eigenvalue weighted by Crippen LogP contribution is 2.47. The van der Waals surface area contributed by atoms with Gasteiger partial charge in [0.05, 0.1) is 11.4 Å². The first-order valence-electron chi connectivity index (χ1n) is 9.06. The summed E-state index contributed by atoms with van der Waals surface area (Å²) < 4.78 is 0. The van der Waals surface area contributed by atoms with Gasteiger partial charge in [0.2, 0.25) is 23.6 Å². The topological polar surface area (TPSA) is 86.8 Å². The molecule has 1 N–H and O–H groups in total. The molecule has 3 aliphatic rings. The Morgan fingerprint density at radius 3 is 2.44 bits per heavy atom. The molecule has 0 bridgehead atoms. The Morgan fingerprint density at radius 2 is 1.78 bits per heavy atom. The van der Waals surface area contributed by atoms with Crippen molar-refractivity contribution in [1.82, 2.24) is 9.80 Å². The van der Waals surface area contributed by atoms with Crippen molar-refractivity contribution in [3.63, 3.8) is 0 Å². The average Bonchev–Trinajstić information content (AvgIpc) is 3.25. The van der Waals surface area contributed by atoms with E-state index in [1.807, 2.05) is 6.92 Å². The van der Waals surface area contributed by atoms with E-state index in [1.165, 1.54) is 4.90 Å². The van der Waals surface area contributed by atoms with Crippen molar-refractivity contribution < 1.29 is 19.2 Å². The second-order valence-corrected chi connectivity index (χ2v) is 8.83. The molecule has 1 aromatic rings. The quantitative estimate of drug-likeness (QED) is 0.795. The maximum atomic E-state index is 12.7. The number of imide groups is 1. The van der Waals surface area contributed by atoms with Gasteiger partial charge in [-0.25, -0.2) is 0 Å². The monoisotopic (exact) mass is 387 g/mol. The van der Waals surface area contributed by atoms with Crippen LogP contribution in [-0.2, 0) is 25.7 Å². The van der Waals surface area contributed by atoms with Gasteiger partial charge in [-0.1, -0.05) is 12.1 Å². The van der Waals surface area contributed by atoms with Gasteiger partial charge in [-0.3, -0.25) is 24.1 Å². The Morgan fingerprint density at radius 1 is 1.11 bits per heavy atom. The van der Waals surface area contributed by atoms with Crippen molar-refractivity contribution >= 4 is 41.1 Å². The predicted molar refractivity (Wildman–Crippen MR) is 101 cm³/mol. The molecule has 2 atom stereocenters. The minimum atomic E-state index is -0.450. The maximum Gasteiger partial charge on any atom is 0.248 e. The fraction of sp³-hybridized carbons (Fsp3) is 0.474. The zero-order chi connectivity index (χ0) is 19.2. The molecule has 0 unspecified atom stereocenters. The third-order valence-corrected chi connectivity index (χ3v) is 6.97. The number of hydrogen-bond donors (Lipinski definition) is 1. The van der Waals surface area contributed by atoms with Crippen LogP contribution in [0.25, 0.3) is 0 Å². The molecule has 27 heavy (non-hydrogen) atoms. The molecule has 8 heteroatoms. The first-order chi connectivity index (χ1) is 12.9. The molecule has 142 valence electrons. The molecule has 3 aliphatic heterocycles. The number of nitrogens with one attached hydrogen (secondary N) is 1. The van der Waals surface area contributed by atoms with Crippen LogP contribution < -0.4 is 5.32 Å². The summed E-state index contributed by atoms with van der Waals surface area (Å²) in [6.07, 6.45) is 1.83. The van der Waals surface area contributed by atoms with Crippen molar-refractivity contribution in [1.29, 1.82) is 0 Å². The normalized spacial score (nSPS) is 27.4.